The van der Waals surface area contributed by atoms with Crippen molar-refractivity contribution >= 4 is 6.03 Å². The van der Waals surface area contributed by atoms with Gasteiger partial charge in [0.05, 0.1) is 6.10 Å². The van der Waals surface area contributed by atoms with E-state index in [2.05, 4.69) is 19.2 Å². The fourth-order valence-electron chi connectivity index (χ4n) is 3.08. The molecule has 0 saturated carbocycles. The molecule has 21 heavy (non-hydrogen) atoms. The maximum Gasteiger partial charge on any atom is 0.317 e. The number of piperidine rings is 1. The number of carbonyl (C=O) groups excluding carboxylic acids is 1. The fourth-order valence-corrected chi connectivity index (χ4v) is 3.08. The van der Waals surface area contributed by atoms with Crippen molar-refractivity contribution < 1.29 is 15.0 Å². The lowest BCUT2D eigenvalue weighted by atomic mass is 9.92. The van der Waals surface area contributed by atoms with E-state index in [1.54, 1.807) is 0 Å². The number of rotatable bonds is 7. The lowest BCUT2D eigenvalue weighted by Crippen LogP contribution is -2.46. The summed E-state index contributed by atoms with van der Waals surface area (Å²) in [5.74, 6) is 1.23. The first-order valence-corrected chi connectivity index (χ1v) is 8.25. The number of amides is 2. The molecule has 1 saturated heterocycles. The maximum atomic E-state index is 12.2. The summed E-state index contributed by atoms with van der Waals surface area (Å²) in [5, 5.41) is 21.7. The van der Waals surface area contributed by atoms with E-state index in [4.69, 9.17) is 5.11 Å². The number of carbonyl (C=O) groups is 1. The van der Waals surface area contributed by atoms with Crippen LogP contribution in [0.2, 0.25) is 0 Å². The summed E-state index contributed by atoms with van der Waals surface area (Å²) in [4.78, 5) is 14.0. The molecule has 5 nitrogen and oxygen atoms in total. The standard InChI is InChI=1S/C16H32N2O3/c1-12(2)10-14(6-9-19)11-17-16(21)18-7-4-15(5-8-18)13(3)20/h12-15,19-20H,4-11H2,1-3H3,(H,17,21). The Bertz CT molecular complexity index is 300. The van der Waals surface area contributed by atoms with Crippen LogP contribution >= 0.6 is 0 Å². The van der Waals surface area contributed by atoms with Crippen LogP contribution in [0.3, 0.4) is 0 Å². The Hall–Kier alpha value is -0.810. The molecule has 2 unspecified atom stereocenters. The van der Waals surface area contributed by atoms with Crippen LogP contribution in [-0.2, 0) is 0 Å². The Morgan fingerprint density at radius 3 is 2.38 bits per heavy atom. The van der Waals surface area contributed by atoms with Gasteiger partial charge in [-0.05, 0) is 50.4 Å². The number of urea groups is 1. The molecular formula is C16H32N2O3. The molecule has 0 spiro atoms. The SMILES string of the molecule is CC(C)CC(CCO)CNC(=O)N1CCC(C(C)O)CC1. The van der Waals surface area contributed by atoms with E-state index in [1.165, 1.54) is 0 Å². The van der Waals surface area contributed by atoms with Crippen LogP contribution in [0.5, 0.6) is 0 Å². The number of hydrogen-bond acceptors (Lipinski definition) is 3. The monoisotopic (exact) mass is 300 g/mol. The first kappa shape index (κ1) is 18.2. The van der Waals surface area contributed by atoms with Crippen molar-refractivity contribution in [2.24, 2.45) is 17.8 Å². The van der Waals surface area contributed by atoms with Crippen molar-refractivity contribution in [3.8, 4) is 0 Å². The van der Waals surface area contributed by atoms with Crippen molar-refractivity contribution in [3.05, 3.63) is 0 Å². The largest absolute Gasteiger partial charge is 0.396 e. The zero-order chi connectivity index (χ0) is 15.8. The molecule has 0 aromatic carbocycles. The third-order valence-electron chi connectivity index (χ3n) is 4.39. The third-order valence-corrected chi connectivity index (χ3v) is 4.39. The van der Waals surface area contributed by atoms with Gasteiger partial charge in [-0.2, -0.15) is 0 Å². The van der Waals surface area contributed by atoms with Crippen LogP contribution in [0.25, 0.3) is 0 Å². The van der Waals surface area contributed by atoms with E-state index in [9.17, 15) is 9.90 Å². The molecule has 1 heterocycles. The van der Waals surface area contributed by atoms with Gasteiger partial charge in [0, 0.05) is 26.2 Å². The molecule has 2 amide bonds. The molecule has 0 aliphatic carbocycles. The molecule has 0 aromatic heterocycles. The van der Waals surface area contributed by atoms with Crippen molar-refractivity contribution in [2.45, 2.75) is 52.6 Å². The molecule has 1 aliphatic heterocycles. The lowest BCUT2D eigenvalue weighted by molar-refractivity contribution is 0.0795. The first-order chi connectivity index (χ1) is 9.93. The van der Waals surface area contributed by atoms with Gasteiger partial charge in [-0.1, -0.05) is 13.8 Å². The highest BCUT2D eigenvalue weighted by atomic mass is 16.3. The normalized spacial score (nSPS) is 19.6. The lowest BCUT2D eigenvalue weighted by Gasteiger charge is -2.33. The molecule has 2 atom stereocenters. The fraction of sp³-hybridized carbons (Fsp3) is 0.938. The van der Waals surface area contributed by atoms with E-state index in [0.717, 1.165) is 38.8 Å². The molecular weight excluding hydrogens is 268 g/mol. The van der Waals surface area contributed by atoms with Crippen LogP contribution in [0.4, 0.5) is 4.79 Å². The van der Waals surface area contributed by atoms with E-state index < -0.39 is 0 Å². The highest BCUT2D eigenvalue weighted by molar-refractivity contribution is 5.74. The van der Waals surface area contributed by atoms with Gasteiger partial charge in [-0.15, -0.1) is 0 Å². The van der Waals surface area contributed by atoms with Crippen LogP contribution in [0, 0.1) is 17.8 Å². The highest BCUT2D eigenvalue weighted by Gasteiger charge is 2.25. The molecule has 5 heteroatoms. The van der Waals surface area contributed by atoms with E-state index >= 15 is 0 Å². The molecule has 1 aliphatic rings. The molecule has 124 valence electrons. The minimum Gasteiger partial charge on any atom is -0.396 e. The second-order valence-electron chi connectivity index (χ2n) is 6.76. The molecule has 0 bridgehead atoms. The summed E-state index contributed by atoms with van der Waals surface area (Å²) in [7, 11) is 0. The Morgan fingerprint density at radius 1 is 1.29 bits per heavy atom. The van der Waals surface area contributed by atoms with Gasteiger partial charge >= 0.3 is 6.03 Å². The number of nitrogens with one attached hydrogen (secondary N) is 1. The third kappa shape index (κ3) is 6.66. The summed E-state index contributed by atoms with van der Waals surface area (Å²) in [6.45, 7) is 8.39. The Balaban J connectivity index is 2.32. The number of hydrogen-bond donors (Lipinski definition) is 3. The second-order valence-corrected chi connectivity index (χ2v) is 6.76. The predicted octanol–water partition coefficient (Wildman–Crippen LogP) is 1.83. The summed E-state index contributed by atoms with van der Waals surface area (Å²) in [6.07, 6.45) is 3.22. The number of nitrogens with zero attached hydrogens (tertiary/aromatic N) is 1. The van der Waals surface area contributed by atoms with Crippen molar-refractivity contribution in [1.82, 2.24) is 10.2 Å². The molecule has 1 fully saturated rings. The number of aliphatic hydroxyl groups excluding tert-OH is 2. The number of aliphatic hydroxyl groups is 2. The van der Waals surface area contributed by atoms with Crippen LogP contribution in [0.15, 0.2) is 0 Å². The van der Waals surface area contributed by atoms with E-state index in [1.807, 2.05) is 11.8 Å². The molecule has 0 radical (unpaired) electrons. The van der Waals surface area contributed by atoms with Gasteiger partial charge in [-0.25, -0.2) is 4.79 Å². The minimum atomic E-state index is -0.282. The Kier molecular flexibility index (Phi) is 8.04. The average Bonchev–Trinajstić information content (AvgIpc) is 2.44. The van der Waals surface area contributed by atoms with Gasteiger partial charge in [0.1, 0.15) is 0 Å². The van der Waals surface area contributed by atoms with Crippen LogP contribution < -0.4 is 5.32 Å². The zero-order valence-corrected chi connectivity index (χ0v) is 13.7. The van der Waals surface area contributed by atoms with Crippen LogP contribution in [0.1, 0.15) is 46.5 Å². The first-order valence-electron chi connectivity index (χ1n) is 8.25. The summed E-state index contributed by atoms with van der Waals surface area (Å²) < 4.78 is 0. The molecule has 0 aromatic rings. The molecule has 1 rings (SSSR count). The number of likely N-dealkylation sites (tertiary alicyclic amines) is 1. The van der Waals surface area contributed by atoms with E-state index in [0.29, 0.717) is 24.3 Å². The van der Waals surface area contributed by atoms with Gasteiger partial charge in [0.2, 0.25) is 0 Å². The van der Waals surface area contributed by atoms with E-state index in [-0.39, 0.29) is 18.7 Å². The van der Waals surface area contributed by atoms with Crippen molar-refractivity contribution in [3.63, 3.8) is 0 Å². The van der Waals surface area contributed by atoms with Crippen LogP contribution in [-0.4, -0.2) is 53.5 Å². The Labute approximate surface area is 128 Å². The zero-order valence-electron chi connectivity index (χ0n) is 13.7. The minimum absolute atomic E-state index is 0.00858. The topological polar surface area (TPSA) is 72.8 Å². The van der Waals surface area contributed by atoms with Crippen molar-refractivity contribution in [1.29, 1.82) is 0 Å². The van der Waals surface area contributed by atoms with Gasteiger partial charge in [-0.3, -0.25) is 0 Å². The average molecular weight is 300 g/mol. The highest BCUT2D eigenvalue weighted by Crippen LogP contribution is 2.20. The second kappa shape index (κ2) is 9.26. The van der Waals surface area contributed by atoms with Gasteiger partial charge in [0.25, 0.3) is 0 Å². The Morgan fingerprint density at radius 2 is 1.90 bits per heavy atom. The van der Waals surface area contributed by atoms with Crippen molar-refractivity contribution in [2.75, 3.05) is 26.2 Å². The maximum absolute atomic E-state index is 12.2. The molecule has 3 N–H and O–H groups in total. The summed E-state index contributed by atoms with van der Waals surface area (Å²) in [6, 6.07) is -0.00858. The smallest absolute Gasteiger partial charge is 0.317 e. The predicted molar refractivity (Wildman–Crippen MR) is 84.0 cm³/mol. The van der Waals surface area contributed by atoms with Gasteiger partial charge in [0.15, 0.2) is 0 Å². The quantitative estimate of drug-likeness (QED) is 0.671. The summed E-state index contributed by atoms with van der Waals surface area (Å²) in [5.41, 5.74) is 0. The van der Waals surface area contributed by atoms with Gasteiger partial charge < -0.3 is 20.4 Å². The summed E-state index contributed by atoms with van der Waals surface area (Å²) >= 11 is 0.